The van der Waals surface area contributed by atoms with Gasteiger partial charge in [-0.1, -0.05) is 0 Å². The molecule has 1 rings (SSSR count). The van der Waals surface area contributed by atoms with Gasteiger partial charge < -0.3 is 10.6 Å². The first-order valence-electron chi connectivity index (χ1n) is 4.93. The number of nitrogens with one attached hydrogen (secondary N) is 3. The van der Waals surface area contributed by atoms with Crippen LogP contribution in [0.4, 0.5) is 5.69 Å². The van der Waals surface area contributed by atoms with Gasteiger partial charge in [-0.25, -0.2) is 0 Å². The third-order valence-corrected chi connectivity index (χ3v) is 2.38. The molecule has 0 aliphatic heterocycles. The Hall–Kier alpha value is -1.36. The van der Waals surface area contributed by atoms with Gasteiger partial charge in [0.05, 0.1) is 17.6 Å². The van der Waals surface area contributed by atoms with E-state index < -0.39 is 0 Å². The van der Waals surface area contributed by atoms with Crippen LogP contribution >= 0.6 is 0 Å². The number of hydrogen-bond acceptors (Lipinski definition) is 3. The Morgan fingerprint density at radius 1 is 1.60 bits per heavy atom. The van der Waals surface area contributed by atoms with Crippen molar-refractivity contribution >= 4 is 11.6 Å². The van der Waals surface area contributed by atoms with Crippen molar-refractivity contribution in [2.45, 2.75) is 32.7 Å². The minimum atomic E-state index is -0.193. The van der Waals surface area contributed by atoms with E-state index in [0.29, 0.717) is 6.42 Å². The fourth-order valence-corrected chi connectivity index (χ4v) is 1.16. The van der Waals surface area contributed by atoms with E-state index in [1.54, 1.807) is 6.20 Å². The number of aryl methyl sites for hydroxylation is 1. The Kier molecular flexibility index (Phi) is 3.47. The second-order valence-corrected chi connectivity index (χ2v) is 4.27. The van der Waals surface area contributed by atoms with E-state index in [1.807, 2.05) is 27.8 Å². The quantitative estimate of drug-likeness (QED) is 0.695. The predicted octanol–water partition coefficient (Wildman–Crippen LogP) is 1.04. The van der Waals surface area contributed by atoms with Crippen molar-refractivity contribution in [3.05, 3.63) is 11.9 Å². The van der Waals surface area contributed by atoms with Crippen LogP contribution in [0, 0.1) is 6.92 Å². The van der Waals surface area contributed by atoms with Gasteiger partial charge in [0.1, 0.15) is 0 Å². The van der Waals surface area contributed by atoms with Crippen LogP contribution in [0.1, 0.15) is 26.0 Å². The minimum Gasteiger partial charge on any atom is -0.323 e. The molecular formula is C10H18N4O. The van der Waals surface area contributed by atoms with Gasteiger partial charge in [-0.15, -0.1) is 0 Å². The monoisotopic (exact) mass is 210 g/mol. The highest BCUT2D eigenvalue weighted by Crippen LogP contribution is 2.13. The third kappa shape index (κ3) is 3.36. The summed E-state index contributed by atoms with van der Waals surface area (Å²) in [4.78, 5) is 11.6. The van der Waals surface area contributed by atoms with Gasteiger partial charge in [-0.3, -0.25) is 9.89 Å². The molecule has 0 aliphatic rings. The van der Waals surface area contributed by atoms with Crippen molar-refractivity contribution in [2.75, 3.05) is 12.4 Å². The fraction of sp³-hybridized carbons (Fsp3) is 0.600. The maximum Gasteiger partial charge on any atom is 0.226 e. The van der Waals surface area contributed by atoms with E-state index in [-0.39, 0.29) is 11.4 Å². The first-order valence-corrected chi connectivity index (χ1v) is 4.93. The molecule has 0 saturated carbocycles. The predicted molar refractivity (Wildman–Crippen MR) is 59.7 cm³/mol. The zero-order valence-electron chi connectivity index (χ0n) is 9.64. The third-order valence-electron chi connectivity index (χ3n) is 2.38. The molecule has 15 heavy (non-hydrogen) atoms. The number of rotatable bonds is 4. The zero-order chi connectivity index (χ0) is 11.5. The second kappa shape index (κ2) is 4.44. The lowest BCUT2D eigenvalue weighted by molar-refractivity contribution is -0.117. The number of amides is 1. The molecule has 1 aromatic rings. The SMILES string of the molecule is CNC(C)(C)CC(=O)Nc1cn[nH]c1C. The molecule has 0 aliphatic carbocycles. The number of carbonyl (C=O) groups is 1. The van der Waals surface area contributed by atoms with Crippen LogP contribution in [-0.2, 0) is 4.79 Å². The van der Waals surface area contributed by atoms with Crippen LogP contribution in [-0.4, -0.2) is 28.7 Å². The summed E-state index contributed by atoms with van der Waals surface area (Å²) in [6.45, 7) is 5.83. The maximum absolute atomic E-state index is 11.6. The number of nitrogens with zero attached hydrogens (tertiary/aromatic N) is 1. The van der Waals surface area contributed by atoms with Crippen LogP contribution in [0.25, 0.3) is 0 Å². The first-order chi connectivity index (χ1) is 6.94. The van der Waals surface area contributed by atoms with Crippen LogP contribution < -0.4 is 10.6 Å². The van der Waals surface area contributed by atoms with Crippen LogP contribution in [0.3, 0.4) is 0 Å². The van der Waals surface area contributed by atoms with Gasteiger partial charge in [0.15, 0.2) is 0 Å². The highest BCUT2D eigenvalue weighted by Gasteiger charge is 2.19. The number of H-pyrrole nitrogens is 1. The van der Waals surface area contributed by atoms with E-state index >= 15 is 0 Å². The molecule has 1 amide bonds. The lowest BCUT2D eigenvalue weighted by Gasteiger charge is -2.22. The first kappa shape index (κ1) is 11.7. The summed E-state index contributed by atoms with van der Waals surface area (Å²) in [6.07, 6.45) is 2.04. The summed E-state index contributed by atoms with van der Waals surface area (Å²) in [6, 6.07) is 0. The van der Waals surface area contributed by atoms with Gasteiger partial charge in [0, 0.05) is 12.0 Å². The summed E-state index contributed by atoms with van der Waals surface area (Å²) >= 11 is 0. The lowest BCUT2D eigenvalue weighted by Crippen LogP contribution is -2.39. The molecule has 0 unspecified atom stereocenters. The molecule has 1 heterocycles. The van der Waals surface area contributed by atoms with Crippen molar-refractivity contribution in [2.24, 2.45) is 0 Å². The van der Waals surface area contributed by atoms with E-state index in [0.717, 1.165) is 11.4 Å². The van der Waals surface area contributed by atoms with Crippen LogP contribution in [0.2, 0.25) is 0 Å². The molecule has 0 saturated heterocycles. The normalized spacial score (nSPS) is 11.5. The molecule has 5 heteroatoms. The number of carbonyl (C=O) groups excluding carboxylic acids is 1. The molecule has 84 valence electrons. The molecular weight excluding hydrogens is 192 g/mol. The van der Waals surface area contributed by atoms with Gasteiger partial charge >= 0.3 is 0 Å². The number of aromatic amines is 1. The van der Waals surface area contributed by atoms with Crippen molar-refractivity contribution in [3.63, 3.8) is 0 Å². The summed E-state index contributed by atoms with van der Waals surface area (Å²) < 4.78 is 0. The van der Waals surface area contributed by atoms with Crippen LogP contribution in [0.5, 0.6) is 0 Å². The van der Waals surface area contributed by atoms with Gasteiger partial charge in [-0.05, 0) is 27.8 Å². The molecule has 5 nitrogen and oxygen atoms in total. The molecule has 0 fully saturated rings. The Morgan fingerprint density at radius 3 is 2.73 bits per heavy atom. The van der Waals surface area contributed by atoms with Gasteiger partial charge in [0.2, 0.25) is 5.91 Å². The molecule has 0 aromatic carbocycles. The largest absolute Gasteiger partial charge is 0.323 e. The van der Waals surface area contributed by atoms with Crippen molar-refractivity contribution in [3.8, 4) is 0 Å². The van der Waals surface area contributed by atoms with E-state index in [2.05, 4.69) is 20.8 Å². The number of hydrogen-bond donors (Lipinski definition) is 3. The highest BCUT2D eigenvalue weighted by molar-refractivity contribution is 5.91. The Morgan fingerprint density at radius 2 is 2.27 bits per heavy atom. The Labute approximate surface area is 89.6 Å². The minimum absolute atomic E-state index is 0.0150. The average Bonchev–Trinajstić information content (AvgIpc) is 2.51. The molecule has 0 bridgehead atoms. The molecule has 3 N–H and O–H groups in total. The lowest BCUT2D eigenvalue weighted by atomic mass is 10.0. The summed E-state index contributed by atoms with van der Waals surface area (Å²) in [5.41, 5.74) is 1.42. The molecule has 1 aromatic heterocycles. The average molecular weight is 210 g/mol. The standard InChI is InChI=1S/C10H18N4O/c1-7-8(6-12-14-7)13-9(15)5-10(2,3)11-4/h6,11H,5H2,1-4H3,(H,12,14)(H,13,15). The fourth-order valence-electron chi connectivity index (χ4n) is 1.16. The van der Waals surface area contributed by atoms with Crippen LogP contribution in [0.15, 0.2) is 6.20 Å². The number of anilines is 1. The van der Waals surface area contributed by atoms with Gasteiger partial charge in [-0.2, -0.15) is 5.10 Å². The Bertz CT molecular complexity index is 343. The number of aromatic nitrogens is 2. The Balaban J connectivity index is 2.54. The molecule has 0 radical (unpaired) electrons. The zero-order valence-corrected chi connectivity index (χ0v) is 9.64. The second-order valence-electron chi connectivity index (χ2n) is 4.27. The van der Waals surface area contributed by atoms with Crippen molar-refractivity contribution in [1.82, 2.24) is 15.5 Å². The van der Waals surface area contributed by atoms with Gasteiger partial charge in [0.25, 0.3) is 0 Å². The van der Waals surface area contributed by atoms with E-state index in [9.17, 15) is 4.79 Å². The van der Waals surface area contributed by atoms with Crippen molar-refractivity contribution in [1.29, 1.82) is 0 Å². The smallest absolute Gasteiger partial charge is 0.226 e. The summed E-state index contributed by atoms with van der Waals surface area (Å²) in [5, 5.41) is 12.5. The maximum atomic E-state index is 11.6. The van der Waals surface area contributed by atoms with Crippen molar-refractivity contribution < 1.29 is 4.79 Å². The highest BCUT2D eigenvalue weighted by atomic mass is 16.1. The molecule has 0 atom stereocenters. The topological polar surface area (TPSA) is 69.8 Å². The summed E-state index contributed by atoms with van der Waals surface area (Å²) in [5.74, 6) is -0.0150. The van der Waals surface area contributed by atoms with E-state index in [4.69, 9.17) is 0 Å². The summed E-state index contributed by atoms with van der Waals surface area (Å²) in [7, 11) is 1.84. The molecule has 0 spiro atoms. The van der Waals surface area contributed by atoms with E-state index in [1.165, 1.54) is 0 Å².